The second kappa shape index (κ2) is 3.63. The number of aromatic nitrogens is 2. The van der Waals surface area contributed by atoms with Crippen LogP contribution in [0.5, 0.6) is 0 Å². The number of para-hydroxylation sites is 2. The Morgan fingerprint density at radius 2 is 2.06 bits per heavy atom. The normalized spacial score (nSPS) is 12.4. The van der Waals surface area contributed by atoms with Crippen LogP contribution in [-0.4, -0.2) is 14.5 Å². The van der Waals surface area contributed by atoms with Crippen molar-refractivity contribution in [3.8, 4) is 0 Å². The van der Waals surface area contributed by atoms with Crippen LogP contribution < -0.4 is 4.67 Å². The highest BCUT2D eigenvalue weighted by Gasteiger charge is 2.21. The number of nitrogens with one attached hydrogen (secondary N) is 1. The van der Waals surface area contributed by atoms with Gasteiger partial charge in [0.15, 0.2) is 4.96 Å². The molecule has 92 valence electrons. The largest absolute Gasteiger partial charge is 0.384 e. The van der Waals surface area contributed by atoms with Gasteiger partial charge in [0.05, 0.1) is 22.3 Å². The zero-order valence-corrected chi connectivity index (χ0v) is 11.0. The molecule has 3 aromatic rings. The number of fused-ring (bicyclic) bond motifs is 3. The molecule has 0 unspecified atom stereocenters. The van der Waals surface area contributed by atoms with Gasteiger partial charge in [-0.1, -0.05) is 23.5 Å². The lowest BCUT2D eigenvalue weighted by molar-refractivity contribution is 0.0729. The van der Waals surface area contributed by atoms with E-state index in [0.29, 0.717) is 10.4 Å². The SMILES string of the molecule is CC(C)(O)c1cc(=N)sc2nc3ccccc3n12. The molecule has 4 nitrogen and oxygen atoms in total. The van der Waals surface area contributed by atoms with Gasteiger partial charge in [-0.2, -0.15) is 0 Å². The average Bonchev–Trinajstić information content (AvgIpc) is 2.64. The summed E-state index contributed by atoms with van der Waals surface area (Å²) >= 11 is 1.31. The van der Waals surface area contributed by atoms with Crippen molar-refractivity contribution in [1.82, 2.24) is 9.38 Å². The molecule has 2 N–H and O–H groups in total. The number of hydrogen-bond acceptors (Lipinski definition) is 4. The average molecular weight is 259 g/mol. The van der Waals surface area contributed by atoms with Crippen LogP contribution in [0, 0.1) is 5.41 Å². The Bertz CT molecular complexity index is 795. The smallest absolute Gasteiger partial charge is 0.196 e. The van der Waals surface area contributed by atoms with Gasteiger partial charge in [-0.05, 0) is 32.0 Å². The fourth-order valence-corrected chi connectivity index (χ4v) is 2.87. The molecular weight excluding hydrogens is 246 g/mol. The van der Waals surface area contributed by atoms with E-state index in [9.17, 15) is 5.11 Å². The van der Waals surface area contributed by atoms with Crippen LogP contribution in [0.1, 0.15) is 19.5 Å². The van der Waals surface area contributed by atoms with E-state index < -0.39 is 5.60 Å². The van der Waals surface area contributed by atoms with Crippen LogP contribution in [0.15, 0.2) is 30.3 Å². The maximum absolute atomic E-state index is 10.3. The van der Waals surface area contributed by atoms with E-state index >= 15 is 0 Å². The van der Waals surface area contributed by atoms with Crippen molar-refractivity contribution in [1.29, 1.82) is 5.41 Å². The zero-order valence-electron chi connectivity index (χ0n) is 10.1. The summed E-state index contributed by atoms with van der Waals surface area (Å²) in [5.41, 5.74) is 1.52. The highest BCUT2D eigenvalue weighted by Crippen LogP contribution is 2.25. The first-order valence-electron chi connectivity index (χ1n) is 5.65. The monoisotopic (exact) mass is 259 g/mol. The van der Waals surface area contributed by atoms with Crippen LogP contribution in [0.4, 0.5) is 0 Å². The van der Waals surface area contributed by atoms with E-state index in [0.717, 1.165) is 16.0 Å². The molecule has 1 aromatic carbocycles. The Morgan fingerprint density at radius 1 is 1.33 bits per heavy atom. The topological polar surface area (TPSA) is 61.4 Å². The Labute approximate surface area is 108 Å². The molecule has 0 bridgehead atoms. The van der Waals surface area contributed by atoms with Gasteiger partial charge in [-0.15, -0.1) is 0 Å². The maximum atomic E-state index is 10.3. The number of nitrogens with zero attached hydrogens (tertiary/aromatic N) is 2. The Kier molecular flexibility index (Phi) is 2.30. The maximum Gasteiger partial charge on any atom is 0.196 e. The van der Waals surface area contributed by atoms with Gasteiger partial charge in [-0.25, -0.2) is 4.98 Å². The molecule has 18 heavy (non-hydrogen) atoms. The van der Waals surface area contributed by atoms with E-state index in [-0.39, 0.29) is 0 Å². The first-order valence-corrected chi connectivity index (χ1v) is 6.47. The van der Waals surface area contributed by atoms with Gasteiger partial charge in [-0.3, -0.25) is 9.81 Å². The lowest BCUT2D eigenvalue weighted by Gasteiger charge is -2.19. The van der Waals surface area contributed by atoms with E-state index in [1.807, 2.05) is 28.7 Å². The van der Waals surface area contributed by atoms with Crippen LogP contribution in [0.3, 0.4) is 0 Å². The molecule has 0 aliphatic carbocycles. The Hall–Kier alpha value is -1.72. The minimum Gasteiger partial charge on any atom is -0.384 e. The van der Waals surface area contributed by atoms with Gasteiger partial charge < -0.3 is 5.11 Å². The van der Waals surface area contributed by atoms with Crippen molar-refractivity contribution < 1.29 is 5.11 Å². The van der Waals surface area contributed by atoms with Gasteiger partial charge in [0.2, 0.25) is 0 Å². The van der Waals surface area contributed by atoms with E-state index in [4.69, 9.17) is 5.41 Å². The van der Waals surface area contributed by atoms with E-state index in [1.165, 1.54) is 11.3 Å². The molecule has 0 saturated carbocycles. The summed E-state index contributed by atoms with van der Waals surface area (Å²) in [6, 6.07) is 9.49. The summed E-state index contributed by atoms with van der Waals surface area (Å²) in [7, 11) is 0. The molecule has 2 heterocycles. The second-order valence-corrected chi connectivity index (χ2v) is 5.78. The number of rotatable bonds is 1. The third-order valence-corrected chi connectivity index (χ3v) is 3.66. The molecule has 0 spiro atoms. The van der Waals surface area contributed by atoms with Crippen molar-refractivity contribution >= 4 is 27.3 Å². The lowest BCUT2D eigenvalue weighted by Crippen LogP contribution is -2.21. The second-order valence-electron chi connectivity index (χ2n) is 4.77. The molecule has 0 radical (unpaired) electrons. The summed E-state index contributed by atoms with van der Waals surface area (Å²) in [6.07, 6.45) is 0. The zero-order chi connectivity index (χ0) is 12.9. The number of imidazole rings is 1. The van der Waals surface area contributed by atoms with Crippen molar-refractivity contribution in [2.45, 2.75) is 19.4 Å². The fraction of sp³-hybridized carbons (Fsp3) is 0.231. The van der Waals surface area contributed by atoms with Crippen molar-refractivity contribution in [2.24, 2.45) is 0 Å². The summed E-state index contributed by atoms with van der Waals surface area (Å²) < 4.78 is 2.33. The summed E-state index contributed by atoms with van der Waals surface area (Å²) in [5.74, 6) is 0. The predicted molar refractivity (Wildman–Crippen MR) is 71.7 cm³/mol. The molecule has 0 aliphatic rings. The van der Waals surface area contributed by atoms with Crippen molar-refractivity contribution in [2.75, 3.05) is 0 Å². The molecule has 2 aromatic heterocycles. The predicted octanol–water partition coefficient (Wildman–Crippen LogP) is 2.26. The minimum atomic E-state index is -1.01. The minimum absolute atomic E-state index is 0.398. The van der Waals surface area contributed by atoms with Gasteiger partial charge in [0.1, 0.15) is 4.67 Å². The standard InChI is InChI=1S/C13H13N3OS/c1-13(2,17)10-7-11(14)18-12-15-8-5-3-4-6-9(8)16(10)12/h3-7,14,17H,1-2H3. The number of benzene rings is 1. The third kappa shape index (κ3) is 1.63. The summed E-state index contributed by atoms with van der Waals surface area (Å²) in [6.45, 7) is 3.45. The third-order valence-electron chi connectivity index (χ3n) is 2.87. The summed E-state index contributed by atoms with van der Waals surface area (Å²) in [5, 5.41) is 18.1. The van der Waals surface area contributed by atoms with Crippen LogP contribution >= 0.6 is 11.3 Å². The highest BCUT2D eigenvalue weighted by atomic mass is 32.1. The molecule has 0 amide bonds. The Morgan fingerprint density at radius 3 is 2.78 bits per heavy atom. The van der Waals surface area contributed by atoms with Crippen molar-refractivity contribution in [3.05, 3.63) is 40.7 Å². The molecule has 0 fully saturated rings. The van der Waals surface area contributed by atoms with Crippen LogP contribution in [0.2, 0.25) is 0 Å². The first-order chi connectivity index (χ1) is 8.47. The quantitative estimate of drug-likeness (QED) is 0.704. The number of aliphatic hydroxyl groups is 1. The molecular formula is C13H13N3OS. The number of hydrogen-bond donors (Lipinski definition) is 2. The van der Waals surface area contributed by atoms with Crippen molar-refractivity contribution in [3.63, 3.8) is 0 Å². The van der Waals surface area contributed by atoms with Crippen LogP contribution in [0.25, 0.3) is 16.0 Å². The fourth-order valence-electron chi connectivity index (χ4n) is 2.07. The van der Waals surface area contributed by atoms with Gasteiger partial charge in [0.25, 0.3) is 0 Å². The van der Waals surface area contributed by atoms with Crippen LogP contribution in [-0.2, 0) is 5.60 Å². The molecule has 3 rings (SSSR count). The molecule has 0 aliphatic heterocycles. The van der Waals surface area contributed by atoms with Gasteiger partial charge in [0, 0.05) is 0 Å². The van der Waals surface area contributed by atoms with Gasteiger partial charge >= 0.3 is 0 Å². The molecule has 5 heteroatoms. The summed E-state index contributed by atoms with van der Waals surface area (Å²) in [4.78, 5) is 5.24. The molecule has 0 atom stereocenters. The molecule has 0 saturated heterocycles. The highest BCUT2D eigenvalue weighted by molar-refractivity contribution is 7.14. The first kappa shape index (κ1) is 11.4. The van der Waals surface area contributed by atoms with E-state index in [2.05, 4.69) is 4.98 Å². The van der Waals surface area contributed by atoms with E-state index in [1.54, 1.807) is 19.9 Å². The lowest BCUT2D eigenvalue weighted by atomic mass is 10.1. The Balaban J connectivity index is 2.58.